The highest BCUT2D eigenvalue weighted by molar-refractivity contribution is 5.73. The Hall–Kier alpha value is -0.610. The summed E-state index contributed by atoms with van der Waals surface area (Å²) in [6.45, 7) is 8.61. The third kappa shape index (κ3) is 2.45. The van der Waals surface area contributed by atoms with E-state index in [-0.39, 0.29) is 12.0 Å². The number of rotatable bonds is 3. The minimum Gasteiger partial charge on any atom is -0.480 e. The first-order valence-corrected chi connectivity index (χ1v) is 5.23. The molecule has 1 rings (SSSR count). The Morgan fingerprint density at radius 3 is 2.64 bits per heavy atom. The summed E-state index contributed by atoms with van der Waals surface area (Å²) in [6, 6.07) is -0.0284. The molecule has 0 amide bonds. The van der Waals surface area contributed by atoms with Crippen LogP contribution in [0.15, 0.2) is 0 Å². The molecule has 0 radical (unpaired) electrons. The molecule has 1 heterocycles. The Balaban J connectivity index is 2.70. The zero-order valence-electron chi connectivity index (χ0n) is 9.16. The highest BCUT2D eigenvalue weighted by Crippen LogP contribution is 2.15. The van der Waals surface area contributed by atoms with Gasteiger partial charge in [-0.2, -0.15) is 0 Å². The standard InChI is InChI=1S/C10H20N2O2/c1-7(2)9(10(13)14)12-5-4-11-6-8(12)3/h7-9,11H,4-6H2,1-3H3,(H,13,14). The molecule has 0 aromatic heterocycles. The summed E-state index contributed by atoms with van der Waals surface area (Å²) < 4.78 is 0. The summed E-state index contributed by atoms with van der Waals surface area (Å²) in [5.41, 5.74) is 0. The number of hydrogen-bond acceptors (Lipinski definition) is 3. The third-order valence-corrected chi connectivity index (χ3v) is 2.79. The third-order valence-electron chi connectivity index (χ3n) is 2.79. The lowest BCUT2D eigenvalue weighted by molar-refractivity contribution is -0.146. The van der Waals surface area contributed by atoms with Crippen LogP contribution in [0.2, 0.25) is 0 Å². The quantitative estimate of drug-likeness (QED) is 0.692. The van der Waals surface area contributed by atoms with Gasteiger partial charge in [0.15, 0.2) is 0 Å². The lowest BCUT2D eigenvalue weighted by Gasteiger charge is -2.39. The van der Waals surface area contributed by atoms with E-state index in [0.717, 1.165) is 19.6 Å². The average molecular weight is 200 g/mol. The molecule has 0 aliphatic carbocycles. The highest BCUT2D eigenvalue weighted by atomic mass is 16.4. The van der Waals surface area contributed by atoms with Gasteiger partial charge in [-0.15, -0.1) is 0 Å². The molecule has 14 heavy (non-hydrogen) atoms. The molecule has 0 aromatic carbocycles. The maximum atomic E-state index is 11.1. The van der Waals surface area contributed by atoms with Crippen LogP contribution in [0.5, 0.6) is 0 Å². The molecule has 0 spiro atoms. The summed E-state index contributed by atoms with van der Waals surface area (Å²) in [5, 5.41) is 12.4. The van der Waals surface area contributed by atoms with Crippen LogP contribution in [0.3, 0.4) is 0 Å². The fraction of sp³-hybridized carbons (Fsp3) is 0.900. The number of nitrogens with zero attached hydrogens (tertiary/aromatic N) is 1. The van der Waals surface area contributed by atoms with Crippen LogP contribution in [0.4, 0.5) is 0 Å². The van der Waals surface area contributed by atoms with E-state index in [9.17, 15) is 4.79 Å². The van der Waals surface area contributed by atoms with Crippen molar-refractivity contribution >= 4 is 5.97 Å². The Labute approximate surface area is 85.3 Å². The van der Waals surface area contributed by atoms with Gasteiger partial charge in [-0.3, -0.25) is 9.69 Å². The van der Waals surface area contributed by atoms with Crippen molar-refractivity contribution in [3.8, 4) is 0 Å². The number of carboxylic acids is 1. The second kappa shape index (κ2) is 4.75. The van der Waals surface area contributed by atoms with Crippen molar-refractivity contribution in [2.24, 2.45) is 5.92 Å². The van der Waals surface area contributed by atoms with E-state index in [1.807, 2.05) is 13.8 Å². The molecule has 0 bridgehead atoms. The smallest absolute Gasteiger partial charge is 0.321 e. The molecule has 1 aliphatic rings. The van der Waals surface area contributed by atoms with E-state index in [2.05, 4.69) is 17.1 Å². The molecular formula is C10H20N2O2. The van der Waals surface area contributed by atoms with Crippen LogP contribution < -0.4 is 5.32 Å². The van der Waals surface area contributed by atoms with Gasteiger partial charge in [0.25, 0.3) is 0 Å². The molecule has 1 aliphatic heterocycles. The van der Waals surface area contributed by atoms with Gasteiger partial charge in [0.1, 0.15) is 6.04 Å². The second-order valence-electron chi connectivity index (χ2n) is 4.32. The van der Waals surface area contributed by atoms with Crippen molar-refractivity contribution in [3.63, 3.8) is 0 Å². The zero-order valence-corrected chi connectivity index (χ0v) is 9.16. The number of aliphatic carboxylic acids is 1. The Kier molecular flexibility index (Phi) is 3.89. The number of piperazine rings is 1. The molecular weight excluding hydrogens is 180 g/mol. The Morgan fingerprint density at radius 1 is 1.57 bits per heavy atom. The topological polar surface area (TPSA) is 52.6 Å². The van der Waals surface area contributed by atoms with Gasteiger partial charge in [0.2, 0.25) is 0 Å². The van der Waals surface area contributed by atoms with Gasteiger partial charge >= 0.3 is 5.97 Å². The molecule has 1 saturated heterocycles. The molecule has 4 heteroatoms. The van der Waals surface area contributed by atoms with Gasteiger partial charge in [0, 0.05) is 25.7 Å². The number of carboxylic acid groups (broad SMARTS) is 1. The van der Waals surface area contributed by atoms with Crippen molar-refractivity contribution < 1.29 is 9.90 Å². The predicted octanol–water partition coefficient (Wildman–Crippen LogP) is 0.389. The van der Waals surface area contributed by atoms with Crippen LogP contribution in [0.25, 0.3) is 0 Å². The maximum absolute atomic E-state index is 11.1. The largest absolute Gasteiger partial charge is 0.480 e. The molecule has 2 unspecified atom stereocenters. The van der Waals surface area contributed by atoms with Crippen LogP contribution in [0.1, 0.15) is 20.8 Å². The van der Waals surface area contributed by atoms with Crippen molar-refractivity contribution in [2.45, 2.75) is 32.9 Å². The molecule has 4 nitrogen and oxygen atoms in total. The monoisotopic (exact) mass is 200 g/mol. The lowest BCUT2D eigenvalue weighted by Crippen LogP contribution is -2.57. The molecule has 2 atom stereocenters. The summed E-state index contributed by atoms with van der Waals surface area (Å²) in [5.74, 6) is -0.540. The van der Waals surface area contributed by atoms with E-state index in [0.29, 0.717) is 6.04 Å². The van der Waals surface area contributed by atoms with Crippen molar-refractivity contribution in [3.05, 3.63) is 0 Å². The minimum absolute atomic E-state index is 0.160. The van der Waals surface area contributed by atoms with Crippen LogP contribution in [0, 0.1) is 5.92 Å². The first kappa shape index (κ1) is 11.5. The van der Waals surface area contributed by atoms with Crippen molar-refractivity contribution in [1.82, 2.24) is 10.2 Å². The fourth-order valence-electron chi connectivity index (χ4n) is 2.08. The van der Waals surface area contributed by atoms with Gasteiger partial charge in [0.05, 0.1) is 0 Å². The maximum Gasteiger partial charge on any atom is 0.321 e. The summed E-state index contributed by atoms with van der Waals surface area (Å²) in [4.78, 5) is 13.2. The molecule has 2 N–H and O–H groups in total. The van der Waals surface area contributed by atoms with E-state index in [4.69, 9.17) is 5.11 Å². The average Bonchev–Trinajstić information content (AvgIpc) is 2.07. The van der Waals surface area contributed by atoms with E-state index >= 15 is 0 Å². The fourth-order valence-corrected chi connectivity index (χ4v) is 2.08. The zero-order chi connectivity index (χ0) is 10.7. The molecule has 0 aromatic rings. The van der Waals surface area contributed by atoms with E-state index in [1.165, 1.54) is 0 Å². The number of carbonyl (C=O) groups is 1. The first-order chi connectivity index (χ1) is 6.54. The summed E-state index contributed by atoms with van der Waals surface area (Å²) in [7, 11) is 0. The molecule has 0 saturated carbocycles. The lowest BCUT2D eigenvalue weighted by atomic mass is 10.00. The van der Waals surface area contributed by atoms with Gasteiger partial charge < -0.3 is 10.4 Å². The second-order valence-corrected chi connectivity index (χ2v) is 4.32. The first-order valence-electron chi connectivity index (χ1n) is 5.23. The van der Waals surface area contributed by atoms with Crippen LogP contribution >= 0.6 is 0 Å². The Morgan fingerprint density at radius 2 is 2.21 bits per heavy atom. The molecule has 1 fully saturated rings. The van der Waals surface area contributed by atoms with E-state index < -0.39 is 5.97 Å². The van der Waals surface area contributed by atoms with Crippen molar-refractivity contribution in [1.29, 1.82) is 0 Å². The predicted molar refractivity (Wildman–Crippen MR) is 55.3 cm³/mol. The highest BCUT2D eigenvalue weighted by Gasteiger charge is 2.32. The van der Waals surface area contributed by atoms with Gasteiger partial charge in [-0.25, -0.2) is 0 Å². The normalized spacial score (nSPS) is 26.4. The number of hydrogen-bond donors (Lipinski definition) is 2. The number of nitrogens with one attached hydrogen (secondary N) is 1. The molecule has 82 valence electrons. The summed E-state index contributed by atoms with van der Waals surface area (Å²) >= 11 is 0. The minimum atomic E-state index is -0.700. The van der Waals surface area contributed by atoms with Gasteiger partial charge in [-0.05, 0) is 12.8 Å². The van der Waals surface area contributed by atoms with Crippen LogP contribution in [-0.4, -0.2) is 47.7 Å². The van der Waals surface area contributed by atoms with Gasteiger partial charge in [-0.1, -0.05) is 13.8 Å². The Bertz CT molecular complexity index is 206. The SMILES string of the molecule is CC(C)C(C(=O)O)N1CCNCC1C. The van der Waals surface area contributed by atoms with E-state index in [1.54, 1.807) is 0 Å². The summed E-state index contributed by atoms with van der Waals surface area (Å²) in [6.07, 6.45) is 0. The van der Waals surface area contributed by atoms with Crippen LogP contribution in [-0.2, 0) is 4.79 Å². The van der Waals surface area contributed by atoms with Crippen molar-refractivity contribution in [2.75, 3.05) is 19.6 Å².